The van der Waals surface area contributed by atoms with E-state index in [0.717, 1.165) is 18.2 Å². The number of carbonyl (C=O) groups excluding carboxylic acids is 1. The Balaban J connectivity index is 2.46. The van der Waals surface area contributed by atoms with Gasteiger partial charge in [-0.1, -0.05) is 0 Å². The lowest BCUT2D eigenvalue weighted by Crippen LogP contribution is -2.43. The van der Waals surface area contributed by atoms with Crippen LogP contribution in [0.25, 0.3) is 0 Å². The van der Waals surface area contributed by atoms with Crippen LogP contribution in [0.4, 0.5) is 18.9 Å². The van der Waals surface area contributed by atoms with Gasteiger partial charge in [-0.15, -0.1) is 0 Å². The number of carbonyl (C=O) groups is 1. The standard InChI is InChI=1S/C8H4F3NO2/c9-4-1-2-5-6(3-4)14-8(10,11)7(13)12-5/h1-3H,(H,12,13). The SMILES string of the molecule is O=C1Nc2ccc(F)cc2OC1(F)F. The fourth-order valence-electron chi connectivity index (χ4n) is 1.06. The van der Waals surface area contributed by atoms with Gasteiger partial charge >= 0.3 is 12.0 Å². The minimum absolute atomic E-state index is 0.0299. The number of benzene rings is 1. The molecule has 1 N–H and O–H groups in total. The van der Waals surface area contributed by atoms with Crippen molar-refractivity contribution >= 4 is 11.6 Å². The molecule has 0 saturated carbocycles. The van der Waals surface area contributed by atoms with Gasteiger partial charge in [0.25, 0.3) is 0 Å². The van der Waals surface area contributed by atoms with Crippen molar-refractivity contribution in [1.29, 1.82) is 0 Å². The second kappa shape index (κ2) is 2.63. The van der Waals surface area contributed by atoms with Gasteiger partial charge in [-0.25, -0.2) is 4.39 Å². The topological polar surface area (TPSA) is 38.3 Å². The number of halogens is 3. The molecule has 0 radical (unpaired) electrons. The molecule has 0 atom stereocenters. The molecule has 74 valence electrons. The number of fused-ring (bicyclic) bond motifs is 1. The number of amides is 1. The molecule has 0 bridgehead atoms. The van der Waals surface area contributed by atoms with Crippen LogP contribution in [0.5, 0.6) is 5.75 Å². The number of hydrogen-bond acceptors (Lipinski definition) is 2. The van der Waals surface area contributed by atoms with Crippen molar-refractivity contribution in [3.63, 3.8) is 0 Å². The molecule has 0 aromatic heterocycles. The van der Waals surface area contributed by atoms with Gasteiger partial charge in [0.05, 0.1) is 5.69 Å². The van der Waals surface area contributed by atoms with Crippen molar-refractivity contribution in [2.24, 2.45) is 0 Å². The maximum absolute atomic E-state index is 12.7. The lowest BCUT2D eigenvalue weighted by Gasteiger charge is -2.24. The molecule has 1 aliphatic heterocycles. The summed E-state index contributed by atoms with van der Waals surface area (Å²) >= 11 is 0. The lowest BCUT2D eigenvalue weighted by molar-refractivity contribution is -0.189. The van der Waals surface area contributed by atoms with Crippen LogP contribution >= 0.6 is 0 Å². The number of anilines is 1. The number of rotatable bonds is 0. The third-order valence-corrected chi connectivity index (χ3v) is 1.69. The summed E-state index contributed by atoms with van der Waals surface area (Å²) in [4.78, 5) is 10.7. The number of hydrogen-bond donors (Lipinski definition) is 1. The molecule has 6 heteroatoms. The monoisotopic (exact) mass is 203 g/mol. The highest BCUT2D eigenvalue weighted by Gasteiger charge is 2.46. The van der Waals surface area contributed by atoms with E-state index >= 15 is 0 Å². The van der Waals surface area contributed by atoms with Gasteiger partial charge in [-0.2, -0.15) is 8.78 Å². The summed E-state index contributed by atoms with van der Waals surface area (Å²) < 4.78 is 41.9. The van der Waals surface area contributed by atoms with Crippen molar-refractivity contribution < 1.29 is 22.7 Å². The summed E-state index contributed by atoms with van der Waals surface area (Å²) in [6.45, 7) is 0. The Labute approximate surface area is 76.5 Å². The molecule has 2 rings (SSSR count). The fraction of sp³-hybridized carbons (Fsp3) is 0.125. The Morgan fingerprint density at radius 1 is 1.36 bits per heavy atom. The Morgan fingerprint density at radius 2 is 2.07 bits per heavy atom. The Bertz CT molecular complexity index is 406. The van der Waals surface area contributed by atoms with E-state index in [2.05, 4.69) is 4.74 Å². The van der Waals surface area contributed by atoms with Crippen LogP contribution in [-0.2, 0) is 4.79 Å². The van der Waals surface area contributed by atoms with Gasteiger partial charge in [0.15, 0.2) is 5.75 Å². The largest absolute Gasteiger partial charge is 0.482 e. The normalized spacial score (nSPS) is 18.1. The zero-order valence-corrected chi connectivity index (χ0v) is 6.68. The van der Waals surface area contributed by atoms with Gasteiger partial charge in [-0.3, -0.25) is 4.79 Å². The zero-order chi connectivity index (χ0) is 10.3. The minimum atomic E-state index is -3.94. The molecule has 1 aromatic carbocycles. The highest BCUT2D eigenvalue weighted by molar-refractivity contribution is 5.98. The van der Waals surface area contributed by atoms with E-state index in [1.54, 1.807) is 0 Å². The molecule has 14 heavy (non-hydrogen) atoms. The van der Waals surface area contributed by atoms with Crippen molar-refractivity contribution in [3.05, 3.63) is 24.0 Å². The van der Waals surface area contributed by atoms with Crippen LogP contribution < -0.4 is 10.1 Å². The molecule has 0 spiro atoms. The number of ether oxygens (including phenoxy) is 1. The van der Waals surface area contributed by atoms with Crippen molar-refractivity contribution in [1.82, 2.24) is 0 Å². The molecule has 3 nitrogen and oxygen atoms in total. The quantitative estimate of drug-likeness (QED) is 0.697. The molecule has 1 amide bonds. The Morgan fingerprint density at radius 3 is 2.79 bits per heavy atom. The van der Waals surface area contributed by atoms with E-state index in [1.165, 1.54) is 0 Å². The van der Waals surface area contributed by atoms with Crippen molar-refractivity contribution in [2.75, 3.05) is 5.32 Å². The van der Waals surface area contributed by atoms with E-state index in [4.69, 9.17) is 0 Å². The number of alkyl halides is 2. The van der Waals surface area contributed by atoms with Crippen LogP contribution in [-0.4, -0.2) is 12.0 Å². The van der Waals surface area contributed by atoms with Crippen LogP contribution in [0.3, 0.4) is 0 Å². The van der Waals surface area contributed by atoms with Gasteiger partial charge < -0.3 is 10.1 Å². The van der Waals surface area contributed by atoms with Gasteiger partial charge in [0.2, 0.25) is 0 Å². The first-order chi connectivity index (χ1) is 6.49. The molecule has 0 aliphatic carbocycles. The first-order valence-corrected chi connectivity index (χ1v) is 3.67. The summed E-state index contributed by atoms with van der Waals surface area (Å²) in [6, 6.07) is 2.96. The maximum Gasteiger partial charge on any atom is 0.482 e. The molecular formula is C8H4F3NO2. The fourth-order valence-corrected chi connectivity index (χ4v) is 1.06. The van der Waals surface area contributed by atoms with E-state index in [1.807, 2.05) is 5.32 Å². The molecule has 1 aromatic rings. The second-order valence-electron chi connectivity index (χ2n) is 2.71. The first-order valence-electron chi connectivity index (χ1n) is 3.67. The van der Waals surface area contributed by atoms with Gasteiger partial charge in [0, 0.05) is 6.07 Å². The van der Waals surface area contributed by atoms with Crippen LogP contribution in [0.15, 0.2) is 18.2 Å². The maximum atomic E-state index is 12.7. The number of nitrogens with one attached hydrogen (secondary N) is 1. The molecule has 0 unspecified atom stereocenters. The van der Waals surface area contributed by atoms with E-state index in [0.29, 0.717) is 0 Å². The minimum Gasteiger partial charge on any atom is -0.423 e. The van der Waals surface area contributed by atoms with Crippen molar-refractivity contribution in [2.45, 2.75) is 6.11 Å². The Kier molecular flexibility index (Phi) is 1.67. The zero-order valence-electron chi connectivity index (χ0n) is 6.68. The average Bonchev–Trinajstić information content (AvgIpc) is 2.07. The van der Waals surface area contributed by atoms with Crippen molar-refractivity contribution in [3.8, 4) is 5.75 Å². The average molecular weight is 203 g/mol. The van der Waals surface area contributed by atoms with E-state index < -0.39 is 17.8 Å². The van der Waals surface area contributed by atoms with Crippen LogP contribution in [0.2, 0.25) is 0 Å². The summed E-state index contributed by atoms with van der Waals surface area (Å²) in [5.74, 6) is -2.65. The van der Waals surface area contributed by atoms with E-state index in [9.17, 15) is 18.0 Å². The van der Waals surface area contributed by atoms with E-state index in [-0.39, 0.29) is 11.4 Å². The third-order valence-electron chi connectivity index (χ3n) is 1.69. The molecule has 1 aliphatic rings. The second-order valence-corrected chi connectivity index (χ2v) is 2.71. The summed E-state index contributed by atoms with van der Waals surface area (Å²) in [7, 11) is 0. The highest BCUT2D eigenvalue weighted by atomic mass is 19.3. The molecular weight excluding hydrogens is 199 g/mol. The van der Waals surface area contributed by atoms with Crippen LogP contribution in [0, 0.1) is 5.82 Å². The molecule has 0 saturated heterocycles. The summed E-state index contributed by atoms with van der Waals surface area (Å²) in [6.07, 6.45) is -3.94. The predicted octanol–water partition coefficient (Wildman–Crippen LogP) is 1.75. The Hall–Kier alpha value is -1.72. The lowest BCUT2D eigenvalue weighted by atomic mass is 10.2. The molecule has 0 fully saturated rings. The summed E-state index contributed by atoms with van der Waals surface area (Å²) in [5, 5.41) is 1.90. The summed E-state index contributed by atoms with van der Waals surface area (Å²) in [5.41, 5.74) is 0.0299. The highest BCUT2D eigenvalue weighted by Crippen LogP contribution is 2.35. The predicted molar refractivity (Wildman–Crippen MR) is 40.6 cm³/mol. The third kappa shape index (κ3) is 1.28. The first kappa shape index (κ1) is 8.86. The smallest absolute Gasteiger partial charge is 0.423 e. The van der Waals surface area contributed by atoms with Gasteiger partial charge in [0.1, 0.15) is 5.82 Å². The van der Waals surface area contributed by atoms with Crippen LogP contribution in [0.1, 0.15) is 0 Å². The molecule has 1 heterocycles. The van der Waals surface area contributed by atoms with Gasteiger partial charge in [-0.05, 0) is 12.1 Å².